The number of methoxy groups -OCH3 is 2. The molecule has 1 N–H and O–H groups in total. The Morgan fingerprint density at radius 2 is 1.32 bits per heavy atom. The lowest BCUT2D eigenvalue weighted by Gasteiger charge is -2.10. The van der Waals surface area contributed by atoms with E-state index in [1.54, 1.807) is 56.7 Å². The summed E-state index contributed by atoms with van der Waals surface area (Å²) in [6.07, 6.45) is 0. The van der Waals surface area contributed by atoms with Crippen molar-refractivity contribution in [2.45, 2.75) is 6.92 Å². The monoisotopic (exact) mass is 415 g/mol. The van der Waals surface area contributed by atoms with E-state index in [0.717, 1.165) is 16.7 Å². The maximum absolute atomic E-state index is 12.6. The van der Waals surface area contributed by atoms with E-state index in [0.29, 0.717) is 34.5 Å². The van der Waals surface area contributed by atoms with Crippen molar-refractivity contribution in [1.29, 1.82) is 0 Å². The summed E-state index contributed by atoms with van der Waals surface area (Å²) in [6.45, 7) is 2.02. The quantitative estimate of drug-likeness (QED) is 0.478. The summed E-state index contributed by atoms with van der Waals surface area (Å²) in [7, 11) is 3.11. The maximum Gasteiger partial charge on any atom is 0.255 e. The molecule has 31 heavy (non-hydrogen) atoms. The van der Waals surface area contributed by atoms with Gasteiger partial charge in [-0.25, -0.2) is 0 Å². The third-order valence-corrected chi connectivity index (χ3v) is 4.73. The number of anilines is 1. The first-order valence-corrected chi connectivity index (χ1v) is 9.61. The fourth-order valence-corrected chi connectivity index (χ4v) is 3.00. The SMILES string of the molecule is COc1cc(NC(=O)c2ccc(-c3nnc(-c4ccc(C)cc4)o3)cc2)cc(OC)c1. The van der Waals surface area contributed by atoms with Crippen LogP contribution in [0, 0.1) is 6.92 Å². The average molecular weight is 415 g/mol. The van der Waals surface area contributed by atoms with Crippen molar-refractivity contribution in [3.8, 4) is 34.4 Å². The molecule has 1 amide bonds. The second-order valence-electron chi connectivity index (χ2n) is 6.91. The number of aromatic nitrogens is 2. The highest BCUT2D eigenvalue weighted by atomic mass is 16.5. The van der Waals surface area contributed by atoms with E-state index < -0.39 is 0 Å². The molecule has 4 aromatic rings. The molecular weight excluding hydrogens is 394 g/mol. The van der Waals surface area contributed by atoms with Gasteiger partial charge in [0.05, 0.1) is 14.2 Å². The summed E-state index contributed by atoms with van der Waals surface area (Å²) in [5.41, 5.74) is 3.80. The van der Waals surface area contributed by atoms with Gasteiger partial charge in [-0.2, -0.15) is 0 Å². The van der Waals surface area contributed by atoms with Crippen LogP contribution in [0.2, 0.25) is 0 Å². The lowest BCUT2D eigenvalue weighted by Crippen LogP contribution is -2.11. The van der Waals surface area contributed by atoms with Gasteiger partial charge in [-0.05, 0) is 43.3 Å². The van der Waals surface area contributed by atoms with E-state index in [9.17, 15) is 4.79 Å². The van der Waals surface area contributed by atoms with Crippen LogP contribution in [0.5, 0.6) is 11.5 Å². The van der Waals surface area contributed by atoms with Gasteiger partial charge in [0.1, 0.15) is 11.5 Å². The van der Waals surface area contributed by atoms with Crippen molar-refractivity contribution in [2.75, 3.05) is 19.5 Å². The Bertz CT molecular complexity index is 1180. The summed E-state index contributed by atoms with van der Waals surface area (Å²) in [5, 5.41) is 11.1. The van der Waals surface area contributed by atoms with Crippen molar-refractivity contribution < 1.29 is 18.7 Å². The minimum atomic E-state index is -0.257. The molecule has 1 heterocycles. The van der Waals surface area contributed by atoms with Crippen molar-refractivity contribution in [3.63, 3.8) is 0 Å². The molecule has 0 atom stereocenters. The lowest BCUT2D eigenvalue weighted by molar-refractivity contribution is 0.102. The second-order valence-corrected chi connectivity index (χ2v) is 6.91. The average Bonchev–Trinajstić information content (AvgIpc) is 3.29. The number of rotatable bonds is 6. The summed E-state index contributed by atoms with van der Waals surface area (Å²) in [6, 6.07) is 20.0. The van der Waals surface area contributed by atoms with Crippen LogP contribution in [0.25, 0.3) is 22.9 Å². The van der Waals surface area contributed by atoms with Crippen LogP contribution in [-0.2, 0) is 0 Å². The van der Waals surface area contributed by atoms with Gasteiger partial charge in [0.15, 0.2) is 0 Å². The molecule has 0 aliphatic heterocycles. The van der Waals surface area contributed by atoms with Gasteiger partial charge in [-0.3, -0.25) is 4.79 Å². The molecule has 0 aliphatic rings. The van der Waals surface area contributed by atoms with Crippen LogP contribution in [0.1, 0.15) is 15.9 Å². The summed E-state index contributed by atoms with van der Waals surface area (Å²) in [5.74, 6) is 1.76. The van der Waals surface area contributed by atoms with Gasteiger partial charge in [0.2, 0.25) is 11.8 Å². The van der Waals surface area contributed by atoms with E-state index >= 15 is 0 Å². The van der Waals surface area contributed by atoms with Crippen LogP contribution < -0.4 is 14.8 Å². The number of ether oxygens (including phenoxy) is 2. The first-order chi connectivity index (χ1) is 15.1. The molecule has 0 fully saturated rings. The van der Waals surface area contributed by atoms with Crippen molar-refractivity contribution in [3.05, 3.63) is 77.9 Å². The third-order valence-electron chi connectivity index (χ3n) is 4.73. The van der Waals surface area contributed by atoms with Gasteiger partial charge < -0.3 is 19.2 Å². The fourth-order valence-electron chi connectivity index (χ4n) is 3.00. The molecule has 7 heteroatoms. The Balaban J connectivity index is 1.49. The van der Waals surface area contributed by atoms with Gasteiger partial charge in [-0.15, -0.1) is 10.2 Å². The molecule has 0 aliphatic carbocycles. The van der Waals surface area contributed by atoms with Crippen molar-refractivity contribution >= 4 is 11.6 Å². The zero-order valence-corrected chi connectivity index (χ0v) is 17.4. The Kier molecular flexibility index (Phi) is 5.66. The summed E-state index contributed by atoms with van der Waals surface area (Å²) < 4.78 is 16.3. The van der Waals surface area contributed by atoms with Crippen LogP contribution in [0.3, 0.4) is 0 Å². The van der Waals surface area contributed by atoms with E-state index in [4.69, 9.17) is 13.9 Å². The molecule has 7 nitrogen and oxygen atoms in total. The third kappa shape index (κ3) is 4.56. The standard InChI is InChI=1S/C24H21N3O4/c1-15-4-6-17(7-5-15)23-26-27-24(31-23)18-10-8-16(9-11-18)22(28)25-19-12-20(29-2)14-21(13-19)30-3/h4-14H,1-3H3,(H,25,28). The van der Waals surface area contributed by atoms with Crippen molar-refractivity contribution in [1.82, 2.24) is 10.2 Å². The van der Waals surface area contributed by atoms with E-state index in [-0.39, 0.29) is 5.91 Å². The van der Waals surface area contributed by atoms with E-state index in [1.807, 2.05) is 31.2 Å². The number of amides is 1. The minimum absolute atomic E-state index is 0.257. The second kappa shape index (κ2) is 8.71. The molecule has 0 saturated heterocycles. The molecule has 1 aromatic heterocycles. The Labute approximate surface area is 179 Å². The maximum atomic E-state index is 12.6. The van der Waals surface area contributed by atoms with Crippen LogP contribution in [-0.4, -0.2) is 30.3 Å². The smallest absolute Gasteiger partial charge is 0.255 e. The highest BCUT2D eigenvalue weighted by molar-refractivity contribution is 6.04. The first kappa shape index (κ1) is 20.2. The van der Waals surface area contributed by atoms with Gasteiger partial charge in [0.25, 0.3) is 5.91 Å². The molecule has 0 unspecified atom stereocenters. The van der Waals surface area contributed by atoms with E-state index in [1.165, 1.54) is 0 Å². The van der Waals surface area contributed by atoms with Crippen LogP contribution in [0.15, 0.2) is 71.1 Å². The first-order valence-electron chi connectivity index (χ1n) is 9.61. The van der Waals surface area contributed by atoms with Gasteiger partial charge in [0, 0.05) is 40.6 Å². The molecule has 0 saturated carbocycles. The number of nitrogens with zero attached hydrogens (tertiary/aromatic N) is 2. The Morgan fingerprint density at radius 1 is 0.806 bits per heavy atom. The Morgan fingerprint density at radius 3 is 1.84 bits per heavy atom. The normalized spacial score (nSPS) is 10.5. The molecule has 4 rings (SSSR count). The number of benzene rings is 3. The van der Waals surface area contributed by atoms with Gasteiger partial charge >= 0.3 is 0 Å². The molecule has 3 aromatic carbocycles. The number of aryl methyl sites for hydroxylation is 1. The topological polar surface area (TPSA) is 86.5 Å². The number of nitrogens with one attached hydrogen (secondary N) is 1. The number of carbonyl (C=O) groups is 1. The predicted molar refractivity (Wildman–Crippen MR) is 117 cm³/mol. The van der Waals surface area contributed by atoms with Crippen LogP contribution >= 0.6 is 0 Å². The number of carbonyl (C=O) groups excluding carboxylic acids is 1. The highest BCUT2D eigenvalue weighted by Crippen LogP contribution is 2.27. The Hall–Kier alpha value is -4.13. The van der Waals surface area contributed by atoms with E-state index in [2.05, 4.69) is 15.5 Å². The predicted octanol–water partition coefficient (Wildman–Crippen LogP) is 4.98. The molecule has 156 valence electrons. The van der Waals surface area contributed by atoms with Crippen molar-refractivity contribution in [2.24, 2.45) is 0 Å². The summed E-state index contributed by atoms with van der Waals surface area (Å²) in [4.78, 5) is 12.6. The van der Waals surface area contributed by atoms with Crippen LogP contribution in [0.4, 0.5) is 5.69 Å². The fraction of sp³-hybridized carbons (Fsp3) is 0.125. The molecular formula is C24H21N3O4. The largest absolute Gasteiger partial charge is 0.497 e. The highest BCUT2D eigenvalue weighted by Gasteiger charge is 2.13. The molecule has 0 radical (unpaired) electrons. The zero-order chi connectivity index (χ0) is 21.8. The van der Waals surface area contributed by atoms with Gasteiger partial charge in [-0.1, -0.05) is 17.7 Å². The number of hydrogen-bond donors (Lipinski definition) is 1. The molecule has 0 spiro atoms. The zero-order valence-electron chi connectivity index (χ0n) is 17.4. The number of hydrogen-bond acceptors (Lipinski definition) is 6. The lowest BCUT2D eigenvalue weighted by atomic mass is 10.1. The molecule has 0 bridgehead atoms. The summed E-state index contributed by atoms with van der Waals surface area (Å²) >= 11 is 0. The minimum Gasteiger partial charge on any atom is -0.497 e.